The lowest BCUT2D eigenvalue weighted by atomic mass is 9.86. The van der Waals surface area contributed by atoms with Crippen LogP contribution >= 0.6 is 0 Å². The second-order valence-corrected chi connectivity index (χ2v) is 5.48. The summed E-state index contributed by atoms with van der Waals surface area (Å²) in [5, 5.41) is 18.8. The molecular weight excluding hydrogens is 218 g/mol. The Hall–Kier alpha value is -0.610. The second-order valence-electron chi connectivity index (χ2n) is 5.48. The summed E-state index contributed by atoms with van der Waals surface area (Å²) < 4.78 is 0. The summed E-state index contributed by atoms with van der Waals surface area (Å²) >= 11 is 0. The van der Waals surface area contributed by atoms with Crippen molar-refractivity contribution in [1.82, 2.24) is 4.90 Å². The molecule has 0 aromatic rings. The van der Waals surface area contributed by atoms with E-state index in [1.807, 2.05) is 0 Å². The van der Waals surface area contributed by atoms with E-state index in [1.54, 1.807) is 4.90 Å². The van der Waals surface area contributed by atoms with Crippen molar-refractivity contribution in [2.75, 3.05) is 13.1 Å². The number of carbonyl (C=O) groups excluding carboxylic acids is 1. The fourth-order valence-corrected chi connectivity index (χ4v) is 2.93. The summed E-state index contributed by atoms with van der Waals surface area (Å²) in [4.78, 5) is 13.5. The van der Waals surface area contributed by atoms with Crippen LogP contribution < -0.4 is 0 Å². The van der Waals surface area contributed by atoms with E-state index in [2.05, 4.69) is 0 Å². The number of amides is 1. The van der Waals surface area contributed by atoms with Gasteiger partial charge in [-0.1, -0.05) is 32.1 Å². The van der Waals surface area contributed by atoms with Crippen molar-refractivity contribution in [1.29, 1.82) is 0 Å². The highest BCUT2D eigenvalue weighted by Gasteiger charge is 2.32. The Kier molecular flexibility index (Phi) is 4.40. The van der Waals surface area contributed by atoms with Crippen LogP contribution in [0.1, 0.15) is 44.9 Å². The van der Waals surface area contributed by atoms with Crippen LogP contribution in [-0.2, 0) is 4.79 Å². The van der Waals surface area contributed by atoms with Crippen molar-refractivity contribution in [2.24, 2.45) is 5.92 Å². The normalized spacial score (nSPS) is 30.8. The number of hydrogen-bond donors (Lipinski definition) is 2. The van der Waals surface area contributed by atoms with Gasteiger partial charge in [-0.25, -0.2) is 0 Å². The highest BCUT2D eigenvalue weighted by Crippen LogP contribution is 2.27. The van der Waals surface area contributed by atoms with Gasteiger partial charge in [-0.15, -0.1) is 0 Å². The van der Waals surface area contributed by atoms with Crippen molar-refractivity contribution in [3.8, 4) is 0 Å². The summed E-state index contributed by atoms with van der Waals surface area (Å²) in [6.45, 7) is 0.593. The van der Waals surface area contributed by atoms with Gasteiger partial charge in [0.15, 0.2) is 0 Å². The molecule has 1 aliphatic carbocycles. The van der Waals surface area contributed by atoms with Crippen molar-refractivity contribution in [2.45, 2.75) is 57.2 Å². The number of rotatable bonds is 3. The van der Waals surface area contributed by atoms with Gasteiger partial charge in [-0.05, 0) is 12.3 Å². The van der Waals surface area contributed by atoms with Crippen LogP contribution in [0.5, 0.6) is 0 Å². The van der Waals surface area contributed by atoms with Gasteiger partial charge < -0.3 is 15.1 Å². The maximum Gasteiger partial charge on any atom is 0.222 e. The number of carbonyl (C=O) groups is 1. The topological polar surface area (TPSA) is 60.8 Å². The SMILES string of the molecule is O=C(CCC1CCCCC1)N1C[C@@H](O)[C@@H](O)C1. The Bertz CT molecular complexity index is 253. The van der Waals surface area contributed by atoms with Gasteiger partial charge >= 0.3 is 0 Å². The molecule has 2 rings (SSSR count). The van der Waals surface area contributed by atoms with E-state index in [0.717, 1.165) is 6.42 Å². The van der Waals surface area contributed by atoms with Crippen LogP contribution in [0.4, 0.5) is 0 Å². The largest absolute Gasteiger partial charge is 0.388 e. The van der Waals surface area contributed by atoms with Crippen LogP contribution in [-0.4, -0.2) is 46.3 Å². The Labute approximate surface area is 103 Å². The molecule has 2 fully saturated rings. The molecule has 1 saturated carbocycles. The Morgan fingerprint density at radius 3 is 2.24 bits per heavy atom. The lowest BCUT2D eigenvalue weighted by Gasteiger charge is -2.22. The van der Waals surface area contributed by atoms with Crippen LogP contribution in [0, 0.1) is 5.92 Å². The highest BCUT2D eigenvalue weighted by atomic mass is 16.3. The molecule has 2 atom stereocenters. The molecule has 0 aromatic heterocycles. The molecular formula is C13H23NO3. The average Bonchev–Trinajstić information content (AvgIpc) is 2.68. The average molecular weight is 241 g/mol. The van der Waals surface area contributed by atoms with Gasteiger partial charge in [0.1, 0.15) is 0 Å². The maximum absolute atomic E-state index is 11.9. The summed E-state index contributed by atoms with van der Waals surface area (Å²) in [5.41, 5.74) is 0. The third-order valence-electron chi connectivity index (χ3n) is 4.10. The second kappa shape index (κ2) is 5.83. The van der Waals surface area contributed by atoms with Crippen LogP contribution in [0.3, 0.4) is 0 Å². The smallest absolute Gasteiger partial charge is 0.222 e. The molecule has 2 aliphatic rings. The standard InChI is InChI=1S/C13H23NO3/c15-11-8-14(9-12(11)16)13(17)7-6-10-4-2-1-3-5-10/h10-12,15-16H,1-9H2/t11-,12+. The number of nitrogens with zero attached hydrogens (tertiary/aromatic N) is 1. The minimum Gasteiger partial charge on any atom is -0.388 e. The summed E-state index contributed by atoms with van der Waals surface area (Å²) in [6, 6.07) is 0. The Morgan fingerprint density at radius 1 is 1.06 bits per heavy atom. The molecule has 98 valence electrons. The van der Waals surface area contributed by atoms with E-state index >= 15 is 0 Å². The molecule has 4 nitrogen and oxygen atoms in total. The number of hydrogen-bond acceptors (Lipinski definition) is 3. The predicted molar refractivity (Wildman–Crippen MR) is 64.4 cm³/mol. The minimum atomic E-state index is -0.756. The van der Waals surface area contributed by atoms with Gasteiger partial charge in [0.25, 0.3) is 0 Å². The molecule has 2 N–H and O–H groups in total. The summed E-state index contributed by atoms with van der Waals surface area (Å²) in [7, 11) is 0. The first kappa shape index (κ1) is 12.8. The fourth-order valence-electron chi connectivity index (χ4n) is 2.93. The van der Waals surface area contributed by atoms with E-state index in [-0.39, 0.29) is 5.91 Å². The summed E-state index contributed by atoms with van der Waals surface area (Å²) in [5.74, 6) is 0.802. The number of likely N-dealkylation sites (tertiary alicyclic amines) is 1. The molecule has 0 unspecified atom stereocenters. The molecule has 0 bridgehead atoms. The van der Waals surface area contributed by atoms with Gasteiger partial charge in [0.2, 0.25) is 5.91 Å². The van der Waals surface area contributed by atoms with E-state index in [0.29, 0.717) is 25.4 Å². The van der Waals surface area contributed by atoms with E-state index in [4.69, 9.17) is 0 Å². The molecule has 0 spiro atoms. The van der Waals surface area contributed by atoms with Gasteiger partial charge in [-0.2, -0.15) is 0 Å². The fraction of sp³-hybridized carbons (Fsp3) is 0.923. The van der Waals surface area contributed by atoms with Gasteiger partial charge in [0.05, 0.1) is 12.2 Å². The quantitative estimate of drug-likeness (QED) is 0.772. The molecule has 1 saturated heterocycles. The summed E-state index contributed by atoms with van der Waals surface area (Å²) in [6.07, 6.45) is 6.51. The molecule has 0 radical (unpaired) electrons. The van der Waals surface area contributed by atoms with Crippen LogP contribution in [0.2, 0.25) is 0 Å². The molecule has 1 heterocycles. The first-order chi connectivity index (χ1) is 8.16. The number of aliphatic hydroxyl groups is 2. The van der Waals surface area contributed by atoms with Gasteiger partial charge in [-0.3, -0.25) is 4.79 Å². The molecule has 4 heteroatoms. The van der Waals surface area contributed by atoms with Crippen molar-refractivity contribution in [3.05, 3.63) is 0 Å². The predicted octanol–water partition coefficient (Wildman–Crippen LogP) is 0.911. The lowest BCUT2D eigenvalue weighted by Crippen LogP contribution is -2.30. The maximum atomic E-state index is 11.9. The molecule has 1 amide bonds. The van der Waals surface area contributed by atoms with E-state index < -0.39 is 12.2 Å². The van der Waals surface area contributed by atoms with Crippen molar-refractivity contribution < 1.29 is 15.0 Å². The number of β-amino-alcohol motifs (C(OH)–C–C–N with tert-alkyl or cyclic N) is 2. The first-order valence-corrected chi connectivity index (χ1v) is 6.80. The van der Waals surface area contributed by atoms with Crippen LogP contribution in [0.25, 0.3) is 0 Å². The Morgan fingerprint density at radius 2 is 1.65 bits per heavy atom. The third kappa shape index (κ3) is 3.42. The van der Waals surface area contributed by atoms with E-state index in [9.17, 15) is 15.0 Å². The zero-order chi connectivity index (χ0) is 12.3. The first-order valence-electron chi connectivity index (χ1n) is 6.80. The zero-order valence-electron chi connectivity index (χ0n) is 10.3. The lowest BCUT2D eigenvalue weighted by molar-refractivity contribution is -0.131. The third-order valence-corrected chi connectivity index (χ3v) is 4.10. The van der Waals surface area contributed by atoms with Crippen molar-refractivity contribution in [3.63, 3.8) is 0 Å². The van der Waals surface area contributed by atoms with Crippen LogP contribution in [0.15, 0.2) is 0 Å². The molecule has 0 aromatic carbocycles. The number of aliphatic hydroxyl groups excluding tert-OH is 2. The monoisotopic (exact) mass is 241 g/mol. The van der Waals surface area contributed by atoms with Gasteiger partial charge in [0, 0.05) is 19.5 Å². The molecule has 1 aliphatic heterocycles. The van der Waals surface area contributed by atoms with E-state index in [1.165, 1.54) is 32.1 Å². The minimum absolute atomic E-state index is 0.0890. The van der Waals surface area contributed by atoms with Crippen molar-refractivity contribution >= 4 is 5.91 Å². The Balaban J connectivity index is 1.70. The zero-order valence-corrected chi connectivity index (χ0v) is 10.3. The molecule has 17 heavy (non-hydrogen) atoms. The highest BCUT2D eigenvalue weighted by molar-refractivity contribution is 5.76.